The number of halogens is 3. The summed E-state index contributed by atoms with van der Waals surface area (Å²) in [7, 11) is 0. The highest BCUT2D eigenvalue weighted by Gasteiger charge is 2.15. The molecule has 1 aromatic heterocycles. The summed E-state index contributed by atoms with van der Waals surface area (Å²) in [6.07, 6.45) is 0. The first kappa shape index (κ1) is 12.9. The first-order valence-corrected chi connectivity index (χ1v) is 5.64. The smallest absolute Gasteiger partial charge is 0.295 e. The monoisotopic (exact) mass is 288 g/mol. The molecule has 0 spiro atoms. The van der Waals surface area contributed by atoms with Gasteiger partial charge in [-0.1, -0.05) is 29.3 Å². The average molecular weight is 289 g/mol. The number of aromatic nitrogens is 2. The van der Waals surface area contributed by atoms with Gasteiger partial charge in [0.25, 0.3) is 5.56 Å². The maximum absolute atomic E-state index is 13.4. The Hall–Kier alpha value is -1.59. The summed E-state index contributed by atoms with van der Waals surface area (Å²) < 4.78 is 14.0. The van der Waals surface area contributed by atoms with Crippen LogP contribution in [0.2, 0.25) is 10.2 Å². The minimum atomic E-state index is -1.23. The second-order valence-electron chi connectivity index (χ2n) is 3.65. The standard InChI is InChI=1S/C11H7Cl2FN2O2/c1-5-2-3-6(12)7(4-5)16-10(17)8(14)9(13)15-11(16)18/h2-4H,1H3,(H,15,18). The fourth-order valence-electron chi connectivity index (χ4n) is 1.50. The number of H-pyrrole nitrogens is 1. The van der Waals surface area contributed by atoms with Crippen molar-refractivity contribution in [1.29, 1.82) is 0 Å². The van der Waals surface area contributed by atoms with Crippen LogP contribution in [0.15, 0.2) is 27.8 Å². The molecule has 94 valence electrons. The fourth-order valence-corrected chi connectivity index (χ4v) is 1.87. The van der Waals surface area contributed by atoms with Crippen LogP contribution in [-0.2, 0) is 0 Å². The number of nitrogens with one attached hydrogen (secondary N) is 1. The third-order valence-corrected chi connectivity index (χ3v) is 2.93. The maximum Gasteiger partial charge on any atom is 0.334 e. The lowest BCUT2D eigenvalue weighted by Gasteiger charge is -2.08. The molecule has 7 heteroatoms. The highest BCUT2D eigenvalue weighted by Crippen LogP contribution is 2.19. The zero-order valence-corrected chi connectivity index (χ0v) is 10.6. The van der Waals surface area contributed by atoms with Gasteiger partial charge in [0.15, 0.2) is 5.15 Å². The van der Waals surface area contributed by atoms with Crippen LogP contribution >= 0.6 is 23.2 Å². The van der Waals surface area contributed by atoms with Gasteiger partial charge < -0.3 is 0 Å². The first-order valence-electron chi connectivity index (χ1n) is 4.88. The van der Waals surface area contributed by atoms with Gasteiger partial charge in [-0.05, 0) is 24.6 Å². The van der Waals surface area contributed by atoms with E-state index in [0.717, 1.165) is 5.56 Å². The summed E-state index contributed by atoms with van der Waals surface area (Å²) in [5.74, 6) is -1.23. The van der Waals surface area contributed by atoms with Crippen LogP contribution in [0.4, 0.5) is 4.39 Å². The molecule has 1 N–H and O–H groups in total. The zero-order chi connectivity index (χ0) is 13.4. The number of hydrogen-bond donors (Lipinski definition) is 1. The van der Waals surface area contributed by atoms with Gasteiger partial charge in [0, 0.05) is 0 Å². The van der Waals surface area contributed by atoms with Gasteiger partial charge in [-0.25, -0.2) is 9.36 Å². The molecule has 18 heavy (non-hydrogen) atoms. The molecule has 0 fully saturated rings. The van der Waals surface area contributed by atoms with E-state index in [9.17, 15) is 14.0 Å². The van der Waals surface area contributed by atoms with Crippen LogP contribution in [0.25, 0.3) is 5.69 Å². The number of aromatic amines is 1. The van der Waals surface area contributed by atoms with E-state index in [0.29, 0.717) is 4.57 Å². The molecular weight excluding hydrogens is 282 g/mol. The number of hydrogen-bond acceptors (Lipinski definition) is 2. The highest BCUT2D eigenvalue weighted by atomic mass is 35.5. The molecule has 0 aliphatic rings. The summed E-state index contributed by atoms with van der Waals surface area (Å²) >= 11 is 11.3. The van der Waals surface area contributed by atoms with E-state index >= 15 is 0 Å². The predicted octanol–water partition coefficient (Wildman–Crippen LogP) is 2.28. The van der Waals surface area contributed by atoms with Crippen molar-refractivity contribution < 1.29 is 4.39 Å². The van der Waals surface area contributed by atoms with Crippen molar-refractivity contribution in [2.75, 3.05) is 0 Å². The Kier molecular flexibility index (Phi) is 3.28. The van der Waals surface area contributed by atoms with E-state index in [2.05, 4.69) is 0 Å². The number of benzene rings is 1. The molecule has 2 aromatic rings. The minimum Gasteiger partial charge on any atom is -0.295 e. The van der Waals surface area contributed by atoms with Crippen molar-refractivity contribution in [3.63, 3.8) is 0 Å². The van der Waals surface area contributed by atoms with Gasteiger partial charge in [-0.15, -0.1) is 0 Å². The molecule has 0 unspecified atom stereocenters. The molecule has 2 rings (SSSR count). The molecule has 0 amide bonds. The minimum absolute atomic E-state index is 0.110. The van der Waals surface area contributed by atoms with Crippen LogP contribution < -0.4 is 11.2 Å². The molecule has 4 nitrogen and oxygen atoms in total. The van der Waals surface area contributed by atoms with E-state index in [1.807, 2.05) is 4.98 Å². The SMILES string of the molecule is Cc1ccc(Cl)c(-n2c(=O)[nH]c(Cl)c(F)c2=O)c1. The summed E-state index contributed by atoms with van der Waals surface area (Å²) in [5, 5.41) is -0.458. The number of rotatable bonds is 1. The molecule has 1 aromatic carbocycles. The van der Waals surface area contributed by atoms with E-state index in [1.54, 1.807) is 13.0 Å². The number of aryl methyl sites for hydroxylation is 1. The van der Waals surface area contributed by atoms with Gasteiger partial charge in [-0.2, -0.15) is 4.39 Å². The van der Waals surface area contributed by atoms with E-state index in [-0.39, 0.29) is 10.7 Å². The predicted molar refractivity (Wildman–Crippen MR) is 67.4 cm³/mol. The van der Waals surface area contributed by atoms with Crippen molar-refractivity contribution in [1.82, 2.24) is 9.55 Å². The second kappa shape index (κ2) is 4.59. The van der Waals surface area contributed by atoms with Crippen molar-refractivity contribution in [2.24, 2.45) is 0 Å². The molecule has 1 heterocycles. The Labute approximate surface area is 111 Å². The molecule has 0 saturated heterocycles. The highest BCUT2D eigenvalue weighted by molar-refractivity contribution is 6.32. The quantitative estimate of drug-likeness (QED) is 0.819. The van der Waals surface area contributed by atoms with Gasteiger partial charge in [-0.3, -0.25) is 9.78 Å². The summed E-state index contributed by atoms with van der Waals surface area (Å²) in [6, 6.07) is 4.73. The third kappa shape index (κ3) is 2.07. The van der Waals surface area contributed by atoms with Crippen molar-refractivity contribution in [2.45, 2.75) is 6.92 Å². The third-order valence-electron chi connectivity index (χ3n) is 2.35. The van der Waals surface area contributed by atoms with Crippen LogP contribution in [0.5, 0.6) is 0 Å². The maximum atomic E-state index is 13.4. The zero-order valence-electron chi connectivity index (χ0n) is 9.13. The molecule has 0 aliphatic carbocycles. The van der Waals surface area contributed by atoms with Gasteiger partial charge >= 0.3 is 5.69 Å². The van der Waals surface area contributed by atoms with Crippen LogP contribution in [0.1, 0.15) is 5.56 Å². The Morgan fingerprint density at radius 2 is 1.94 bits per heavy atom. The van der Waals surface area contributed by atoms with Crippen molar-refractivity contribution in [3.8, 4) is 5.69 Å². The van der Waals surface area contributed by atoms with E-state index in [4.69, 9.17) is 23.2 Å². The number of nitrogens with zero attached hydrogens (tertiary/aromatic N) is 1. The second-order valence-corrected chi connectivity index (χ2v) is 4.44. The molecule has 0 radical (unpaired) electrons. The Morgan fingerprint density at radius 1 is 1.28 bits per heavy atom. The lowest BCUT2D eigenvalue weighted by Crippen LogP contribution is -2.36. The van der Waals surface area contributed by atoms with Gasteiger partial charge in [0.1, 0.15) is 0 Å². The van der Waals surface area contributed by atoms with E-state index in [1.165, 1.54) is 12.1 Å². The van der Waals surface area contributed by atoms with Gasteiger partial charge in [0.05, 0.1) is 10.7 Å². The molecule has 0 aliphatic heterocycles. The average Bonchev–Trinajstić information content (AvgIpc) is 2.31. The topological polar surface area (TPSA) is 54.9 Å². The normalized spacial score (nSPS) is 10.7. The lowest BCUT2D eigenvalue weighted by atomic mass is 10.2. The van der Waals surface area contributed by atoms with Gasteiger partial charge in [0.2, 0.25) is 5.82 Å². The van der Waals surface area contributed by atoms with Crippen molar-refractivity contribution in [3.05, 3.63) is 60.6 Å². The van der Waals surface area contributed by atoms with Crippen LogP contribution in [0.3, 0.4) is 0 Å². The summed E-state index contributed by atoms with van der Waals surface area (Å²) in [6.45, 7) is 1.76. The fraction of sp³-hybridized carbons (Fsp3) is 0.0909. The molecular formula is C11H7Cl2FN2O2. The molecule has 0 bridgehead atoms. The molecule has 0 saturated carbocycles. The Balaban J connectivity index is 2.88. The Bertz CT molecular complexity index is 737. The summed E-state index contributed by atoms with van der Waals surface area (Å²) in [5.41, 5.74) is -1.11. The first-order chi connectivity index (χ1) is 8.41. The van der Waals surface area contributed by atoms with Crippen LogP contribution in [0, 0.1) is 12.7 Å². The largest absolute Gasteiger partial charge is 0.334 e. The van der Waals surface area contributed by atoms with Crippen molar-refractivity contribution >= 4 is 23.2 Å². The lowest BCUT2D eigenvalue weighted by molar-refractivity contribution is 0.584. The Morgan fingerprint density at radius 3 is 2.61 bits per heavy atom. The summed E-state index contributed by atoms with van der Waals surface area (Å²) in [4.78, 5) is 25.4. The molecule has 0 atom stereocenters. The van der Waals surface area contributed by atoms with E-state index < -0.39 is 22.2 Å². The van der Waals surface area contributed by atoms with Crippen LogP contribution in [-0.4, -0.2) is 9.55 Å².